The van der Waals surface area contributed by atoms with Crippen LogP contribution in [0.2, 0.25) is 0 Å². The van der Waals surface area contributed by atoms with Crippen LogP contribution in [0.1, 0.15) is 96.1 Å². The third-order valence-electron chi connectivity index (χ3n) is 6.82. The van der Waals surface area contributed by atoms with Gasteiger partial charge in [-0.05, 0) is 84.3 Å². The van der Waals surface area contributed by atoms with Gasteiger partial charge in [0.15, 0.2) is 0 Å². The van der Waals surface area contributed by atoms with Gasteiger partial charge in [0.1, 0.15) is 10.4 Å². The van der Waals surface area contributed by atoms with Crippen molar-refractivity contribution in [2.75, 3.05) is 13.7 Å². The van der Waals surface area contributed by atoms with E-state index in [2.05, 4.69) is 20.8 Å². The number of carbonyl (C=O) groups is 2. The number of rotatable bonds is 3. The quantitative estimate of drug-likeness (QED) is 0.450. The van der Waals surface area contributed by atoms with E-state index in [1.807, 2.05) is 52.6 Å². The summed E-state index contributed by atoms with van der Waals surface area (Å²) >= 11 is 1.74. The summed E-state index contributed by atoms with van der Waals surface area (Å²) < 4.78 is 12.3. The number of hydrogen-bond donors (Lipinski definition) is 0. The van der Waals surface area contributed by atoms with E-state index in [-0.39, 0.29) is 11.7 Å². The van der Waals surface area contributed by atoms with E-state index >= 15 is 0 Å². The molecule has 1 aliphatic heterocycles. The summed E-state index contributed by atoms with van der Waals surface area (Å²) in [6, 6.07) is 0.380. The van der Waals surface area contributed by atoms with Gasteiger partial charge >= 0.3 is 6.09 Å². The zero-order valence-electron chi connectivity index (χ0n) is 22.5. The van der Waals surface area contributed by atoms with Crippen LogP contribution in [0.25, 0.3) is 10.2 Å². The molecule has 1 aliphatic carbocycles. The normalized spacial score (nSPS) is 22.3. The molecular weight excluding hydrogens is 448 g/mol. The van der Waals surface area contributed by atoms with Crippen molar-refractivity contribution in [2.45, 2.75) is 104 Å². The lowest BCUT2D eigenvalue weighted by atomic mass is 9.90. The van der Waals surface area contributed by atoms with E-state index in [0.717, 1.165) is 30.6 Å². The Morgan fingerprint density at radius 1 is 1.15 bits per heavy atom. The Morgan fingerprint density at radius 3 is 2.21 bits per heavy atom. The van der Waals surface area contributed by atoms with Crippen LogP contribution < -0.4 is 0 Å². The van der Waals surface area contributed by atoms with Crippen LogP contribution in [0.4, 0.5) is 4.79 Å². The van der Waals surface area contributed by atoms with Gasteiger partial charge in [-0.2, -0.15) is 0 Å². The number of aromatic nitrogens is 1. The van der Waals surface area contributed by atoms with E-state index in [1.54, 1.807) is 23.0 Å². The highest BCUT2D eigenvalue weighted by atomic mass is 32.1. The first kappa shape index (κ1) is 26.7. The summed E-state index contributed by atoms with van der Waals surface area (Å²) in [5, 5.41) is 1.22. The molecule has 3 atom stereocenters. The fraction of sp³-hybridized carbons (Fsp3) is 0.704. The zero-order valence-corrected chi connectivity index (χ0v) is 23.3. The van der Waals surface area contributed by atoms with Crippen molar-refractivity contribution in [1.29, 1.82) is 0 Å². The molecule has 2 bridgehead atoms. The van der Waals surface area contributed by atoms with Crippen LogP contribution in [0, 0.1) is 12.8 Å². The molecule has 2 aromatic rings. The smallest absolute Gasteiger partial charge is 0.419 e. The lowest BCUT2D eigenvalue weighted by molar-refractivity contribution is -0.119. The number of hydrogen-bond acceptors (Lipinski definition) is 5. The highest BCUT2D eigenvalue weighted by Gasteiger charge is 2.46. The van der Waals surface area contributed by atoms with Crippen molar-refractivity contribution in [1.82, 2.24) is 9.47 Å². The molecule has 6 nitrogen and oxygen atoms in total. The van der Waals surface area contributed by atoms with Gasteiger partial charge in [0.05, 0.1) is 5.60 Å². The predicted octanol–water partition coefficient (Wildman–Crippen LogP) is 6.68. The SMILES string of the molecule is COC(C)(C)C.Cc1c(C2C[C@H]3CC2CN3C=O)sc2c1c(C(C)C)cn2C(=O)OC(C)(C)C. The molecule has 1 saturated heterocycles. The van der Waals surface area contributed by atoms with Crippen molar-refractivity contribution in [3.63, 3.8) is 0 Å². The maximum Gasteiger partial charge on any atom is 0.419 e. The Kier molecular flexibility index (Phi) is 7.59. The van der Waals surface area contributed by atoms with Gasteiger partial charge in [0.2, 0.25) is 6.41 Å². The molecule has 3 heterocycles. The van der Waals surface area contributed by atoms with Gasteiger partial charge in [-0.1, -0.05) is 13.8 Å². The summed E-state index contributed by atoms with van der Waals surface area (Å²) in [5.41, 5.74) is 2.03. The minimum absolute atomic E-state index is 0.0417. The van der Waals surface area contributed by atoms with E-state index in [4.69, 9.17) is 9.47 Å². The third kappa shape index (κ3) is 5.51. The third-order valence-corrected chi connectivity index (χ3v) is 8.24. The summed E-state index contributed by atoms with van der Waals surface area (Å²) in [6.07, 6.45) is 4.81. The highest BCUT2D eigenvalue weighted by molar-refractivity contribution is 7.19. The standard InChI is InChI=1S/C22H30N2O3S.C5H12O/c1-12(2)17-10-24(21(26)27-22(4,5)6)20-18(17)13(3)19(28-20)16-8-15-7-14(16)9-23(15)11-25;1-5(2,3)6-4/h10-12,14-16H,7-9H2,1-6H3;1-4H3/t14?,15-,16?;/m1./s1. The minimum atomic E-state index is -0.524. The Balaban J connectivity index is 0.000000481. The van der Waals surface area contributed by atoms with Crippen LogP contribution in [-0.4, -0.2) is 52.9 Å². The van der Waals surface area contributed by atoms with Crippen molar-refractivity contribution >= 4 is 34.1 Å². The number of likely N-dealkylation sites (tertiary alicyclic amines) is 1. The van der Waals surface area contributed by atoms with Crippen LogP contribution in [0.5, 0.6) is 0 Å². The highest BCUT2D eigenvalue weighted by Crippen LogP contribution is 2.52. The minimum Gasteiger partial charge on any atom is -0.443 e. The second-order valence-electron chi connectivity index (χ2n) is 12.0. The summed E-state index contributed by atoms with van der Waals surface area (Å²) in [4.78, 5) is 28.5. The number of aryl methyl sites for hydroxylation is 1. The van der Waals surface area contributed by atoms with Gasteiger partial charge < -0.3 is 14.4 Å². The van der Waals surface area contributed by atoms with Crippen LogP contribution >= 0.6 is 11.3 Å². The molecule has 2 aromatic heterocycles. The average Bonchev–Trinajstić information content (AvgIpc) is 3.46. The van der Waals surface area contributed by atoms with Crippen molar-refractivity contribution in [2.24, 2.45) is 5.92 Å². The molecule has 0 spiro atoms. The van der Waals surface area contributed by atoms with Crippen LogP contribution in [-0.2, 0) is 14.3 Å². The Morgan fingerprint density at radius 2 is 1.76 bits per heavy atom. The lowest BCUT2D eigenvalue weighted by Gasteiger charge is -2.28. The van der Waals surface area contributed by atoms with E-state index in [9.17, 15) is 9.59 Å². The van der Waals surface area contributed by atoms with Gasteiger partial charge in [-0.25, -0.2) is 9.36 Å². The number of nitrogens with zero attached hydrogens (tertiary/aromatic N) is 2. The fourth-order valence-corrected chi connectivity index (χ4v) is 6.47. The molecule has 0 N–H and O–H groups in total. The number of methoxy groups -OCH3 is 1. The number of thiophene rings is 1. The molecule has 1 saturated carbocycles. The molecule has 34 heavy (non-hydrogen) atoms. The molecule has 2 unspecified atom stereocenters. The second kappa shape index (κ2) is 9.65. The average molecular weight is 491 g/mol. The summed E-state index contributed by atoms with van der Waals surface area (Å²) in [7, 11) is 1.71. The molecular formula is C27H42N2O4S. The topological polar surface area (TPSA) is 60.8 Å². The zero-order chi connectivity index (χ0) is 25.6. The number of carbonyl (C=O) groups excluding carboxylic acids is 2. The van der Waals surface area contributed by atoms with E-state index in [0.29, 0.717) is 23.8 Å². The first-order valence-corrected chi connectivity index (χ1v) is 13.1. The maximum atomic E-state index is 12.9. The maximum absolute atomic E-state index is 12.9. The summed E-state index contributed by atoms with van der Waals surface area (Å²) in [6.45, 7) is 19.2. The van der Waals surface area contributed by atoms with Crippen molar-refractivity contribution in [3.8, 4) is 0 Å². The molecule has 190 valence electrons. The number of piperidine rings is 1. The second-order valence-corrected chi connectivity index (χ2v) is 13.0. The molecule has 4 rings (SSSR count). The Hall–Kier alpha value is -1.86. The number of ether oxygens (including phenoxy) is 2. The van der Waals surface area contributed by atoms with Gasteiger partial charge in [-0.15, -0.1) is 11.3 Å². The van der Waals surface area contributed by atoms with Crippen LogP contribution in [0.15, 0.2) is 6.20 Å². The first-order valence-electron chi connectivity index (χ1n) is 12.3. The fourth-order valence-electron chi connectivity index (χ4n) is 4.96. The molecule has 2 aliphatic rings. The number of fused-ring (bicyclic) bond motifs is 3. The van der Waals surface area contributed by atoms with Gasteiger partial charge in [0.25, 0.3) is 0 Å². The Labute approximate surface area is 208 Å². The molecule has 1 amide bonds. The predicted molar refractivity (Wildman–Crippen MR) is 139 cm³/mol. The largest absolute Gasteiger partial charge is 0.443 e. The molecule has 0 radical (unpaired) electrons. The molecule has 0 aromatic carbocycles. The van der Waals surface area contributed by atoms with Crippen molar-refractivity contribution < 1.29 is 19.1 Å². The lowest BCUT2D eigenvalue weighted by Crippen LogP contribution is -2.33. The Bertz CT molecular complexity index is 1040. The van der Waals surface area contributed by atoms with Crippen LogP contribution in [0.3, 0.4) is 0 Å². The van der Waals surface area contributed by atoms with Gasteiger partial charge in [-0.3, -0.25) is 4.79 Å². The van der Waals surface area contributed by atoms with Gasteiger partial charge in [0, 0.05) is 42.1 Å². The van der Waals surface area contributed by atoms with E-state index < -0.39 is 5.60 Å². The molecule has 7 heteroatoms. The van der Waals surface area contributed by atoms with Crippen molar-refractivity contribution in [3.05, 3.63) is 22.2 Å². The monoisotopic (exact) mass is 490 g/mol. The molecule has 2 fully saturated rings. The number of amides is 1. The summed E-state index contributed by atoms with van der Waals surface area (Å²) in [5.74, 6) is 1.36. The first-order chi connectivity index (χ1) is 15.7. The van der Waals surface area contributed by atoms with E-state index in [1.165, 1.54) is 21.4 Å².